The fourth-order valence-electron chi connectivity index (χ4n) is 2.07. The molecule has 2 aromatic rings. The predicted octanol–water partition coefficient (Wildman–Crippen LogP) is 2.10. The number of carbonyl (C=O) groups is 2. The number of hydrogen-bond acceptors (Lipinski definition) is 4. The Labute approximate surface area is 133 Å². The summed E-state index contributed by atoms with van der Waals surface area (Å²) in [6.45, 7) is 1.19. The van der Waals surface area contributed by atoms with Crippen molar-refractivity contribution in [2.75, 3.05) is 0 Å². The molecule has 1 amide bonds. The number of hydrogen-bond donors (Lipinski definition) is 3. The fraction of sp³-hybridized carbons (Fsp3) is 0.176. The normalized spacial score (nSPS) is 13.0. The molecule has 2 rings (SSSR count). The van der Waals surface area contributed by atoms with Gasteiger partial charge in [0.2, 0.25) is 5.91 Å². The van der Waals surface area contributed by atoms with E-state index in [2.05, 4.69) is 5.32 Å². The molecule has 3 N–H and O–H groups in total. The lowest BCUT2D eigenvalue weighted by atomic mass is 10.0. The predicted molar refractivity (Wildman–Crippen MR) is 83.2 cm³/mol. The zero-order chi connectivity index (χ0) is 16.8. The van der Waals surface area contributed by atoms with Gasteiger partial charge in [-0.15, -0.1) is 0 Å². The number of aliphatic hydroxyl groups is 1. The molecule has 0 aliphatic carbocycles. The van der Waals surface area contributed by atoms with Crippen LogP contribution in [0.4, 0.5) is 0 Å². The van der Waals surface area contributed by atoms with Crippen LogP contribution in [0, 0.1) is 0 Å². The number of carbonyl (C=O) groups excluding carboxylic acids is 1. The van der Waals surface area contributed by atoms with Gasteiger partial charge in [-0.25, -0.2) is 4.79 Å². The molecule has 0 spiro atoms. The molecule has 0 saturated carbocycles. The van der Waals surface area contributed by atoms with Gasteiger partial charge < -0.3 is 20.3 Å². The molecule has 0 radical (unpaired) electrons. The first kappa shape index (κ1) is 16.5. The molecule has 6 heteroatoms. The number of benzene rings is 2. The Hall–Kier alpha value is -2.86. The Morgan fingerprint density at radius 2 is 1.70 bits per heavy atom. The van der Waals surface area contributed by atoms with Crippen molar-refractivity contribution in [2.45, 2.75) is 19.1 Å². The molecule has 23 heavy (non-hydrogen) atoms. The number of ether oxygens (including phenoxy) is 1. The lowest BCUT2D eigenvalue weighted by Crippen LogP contribution is -2.44. The summed E-state index contributed by atoms with van der Waals surface area (Å²) in [4.78, 5) is 22.3. The SMILES string of the molecule is CC(=O)N[C@H](C(=O)O)C(O)c1cccc(Oc2ccccc2)c1. The van der Waals surface area contributed by atoms with Crippen molar-refractivity contribution in [3.8, 4) is 11.5 Å². The van der Waals surface area contributed by atoms with Gasteiger partial charge in [-0.1, -0.05) is 30.3 Å². The van der Waals surface area contributed by atoms with Crippen molar-refractivity contribution in [1.82, 2.24) is 5.32 Å². The van der Waals surface area contributed by atoms with Crippen LogP contribution in [-0.2, 0) is 9.59 Å². The number of carboxylic acids is 1. The number of para-hydroxylation sites is 1. The van der Waals surface area contributed by atoms with E-state index < -0.39 is 24.0 Å². The summed E-state index contributed by atoms with van der Waals surface area (Å²) in [7, 11) is 0. The first-order valence-corrected chi connectivity index (χ1v) is 6.98. The molecule has 2 atom stereocenters. The minimum Gasteiger partial charge on any atom is -0.480 e. The molecule has 0 bridgehead atoms. The maximum Gasteiger partial charge on any atom is 0.329 e. The van der Waals surface area contributed by atoms with Gasteiger partial charge in [-0.05, 0) is 29.8 Å². The minimum atomic E-state index is -1.43. The molecular weight excluding hydrogens is 298 g/mol. The summed E-state index contributed by atoms with van der Waals surface area (Å²) >= 11 is 0. The zero-order valence-electron chi connectivity index (χ0n) is 12.5. The van der Waals surface area contributed by atoms with E-state index in [0.717, 1.165) is 0 Å². The first-order chi connectivity index (χ1) is 11.0. The fourth-order valence-corrected chi connectivity index (χ4v) is 2.07. The Bertz CT molecular complexity index is 686. The highest BCUT2D eigenvalue weighted by Gasteiger charge is 2.28. The van der Waals surface area contributed by atoms with Crippen molar-refractivity contribution in [2.24, 2.45) is 0 Å². The van der Waals surface area contributed by atoms with E-state index >= 15 is 0 Å². The zero-order valence-corrected chi connectivity index (χ0v) is 12.5. The van der Waals surface area contributed by atoms with E-state index in [1.165, 1.54) is 13.0 Å². The lowest BCUT2D eigenvalue weighted by Gasteiger charge is -2.20. The number of carboxylic acid groups (broad SMARTS) is 1. The molecule has 2 aromatic carbocycles. The van der Waals surface area contributed by atoms with Crippen LogP contribution in [0.5, 0.6) is 11.5 Å². The summed E-state index contributed by atoms with van der Waals surface area (Å²) < 4.78 is 5.64. The quantitative estimate of drug-likeness (QED) is 0.758. The maximum atomic E-state index is 11.2. The topological polar surface area (TPSA) is 95.9 Å². The van der Waals surface area contributed by atoms with Crippen molar-refractivity contribution in [3.63, 3.8) is 0 Å². The van der Waals surface area contributed by atoms with Gasteiger partial charge in [0.05, 0.1) is 0 Å². The second-order valence-electron chi connectivity index (χ2n) is 4.95. The third-order valence-corrected chi connectivity index (χ3v) is 3.12. The van der Waals surface area contributed by atoms with E-state index in [0.29, 0.717) is 17.1 Å². The molecule has 6 nitrogen and oxygen atoms in total. The highest BCUT2D eigenvalue weighted by atomic mass is 16.5. The maximum absolute atomic E-state index is 11.2. The van der Waals surface area contributed by atoms with E-state index in [4.69, 9.17) is 9.84 Å². The van der Waals surface area contributed by atoms with Crippen molar-refractivity contribution >= 4 is 11.9 Å². The van der Waals surface area contributed by atoms with Crippen molar-refractivity contribution in [1.29, 1.82) is 0 Å². The summed E-state index contributed by atoms with van der Waals surface area (Å²) in [6.07, 6.45) is -1.39. The second kappa shape index (κ2) is 7.42. The third kappa shape index (κ3) is 4.55. The van der Waals surface area contributed by atoms with Gasteiger partial charge in [0.25, 0.3) is 0 Å². The standard InChI is InChI=1S/C17H17NO5/c1-11(19)18-15(17(21)22)16(20)12-6-5-9-14(10-12)23-13-7-3-2-4-8-13/h2-10,15-16,20H,1H3,(H,18,19)(H,21,22)/t15-,16?/m0/s1. The minimum absolute atomic E-state index is 0.333. The summed E-state index contributed by atoms with van der Waals surface area (Å²) in [6, 6.07) is 14.1. The van der Waals surface area contributed by atoms with Gasteiger partial charge in [0.15, 0.2) is 6.04 Å². The van der Waals surface area contributed by atoms with Crippen LogP contribution >= 0.6 is 0 Å². The Morgan fingerprint density at radius 3 is 2.30 bits per heavy atom. The van der Waals surface area contributed by atoms with Gasteiger partial charge >= 0.3 is 5.97 Å². The van der Waals surface area contributed by atoms with Crippen LogP contribution in [0.3, 0.4) is 0 Å². The smallest absolute Gasteiger partial charge is 0.329 e. The highest BCUT2D eigenvalue weighted by molar-refractivity contribution is 5.82. The summed E-state index contributed by atoms with van der Waals surface area (Å²) in [5.74, 6) is -0.772. The summed E-state index contributed by atoms with van der Waals surface area (Å²) in [5.41, 5.74) is 0.333. The average Bonchev–Trinajstić information content (AvgIpc) is 2.53. The molecule has 120 valence electrons. The highest BCUT2D eigenvalue weighted by Crippen LogP contribution is 2.26. The van der Waals surface area contributed by atoms with Crippen molar-refractivity contribution < 1.29 is 24.5 Å². The number of aliphatic carboxylic acids is 1. The summed E-state index contributed by atoms with van der Waals surface area (Å²) in [5, 5.41) is 21.6. The Kier molecular flexibility index (Phi) is 5.32. The van der Waals surface area contributed by atoms with E-state index in [1.54, 1.807) is 30.3 Å². The first-order valence-electron chi connectivity index (χ1n) is 6.98. The number of rotatable bonds is 6. The van der Waals surface area contributed by atoms with Crippen LogP contribution in [0.25, 0.3) is 0 Å². The third-order valence-electron chi connectivity index (χ3n) is 3.12. The number of amides is 1. The van der Waals surface area contributed by atoms with E-state index in [1.807, 2.05) is 18.2 Å². The van der Waals surface area contributed by atoms with Crippen LogP contribution in [0.15, 0.2) is 54.6 Å². The molecule has 0 fully saturated rings. The van der Waals surface area contributed by atoms with E-state index in [-0.39, 0.29) is 0 Å². The molecular formula is C17H17NO5. The lowest BCUT2D eigenvalue weighted by molar-refractivity contribution is -0.145. The molecule has 1 unspecified atom stereocenters. The average molecular weight is 315 g/mol. The second-order valence-corrected chi connectivity index (χ2v) is 4.95. The Balaban J connectivity index is 2.20. The van der Waals surface area contributed by atoms with Crippen LogP contribution in [-0.4, -0.2) is 28.1 Å². The number of nitrogens with one attached hydrogen (secondary N) is 1. The van der Waals surface area contributed by atoms with Gasteiger partial charge in [0, 0.05) is 6.92 Å². The molecule has 0 aliphatic rings. The van der Waals surface area contributed by atoms with Gasteiger partial charge in [-0.3, -0.25) is 4.79 Å². The van der Waals surface area contributed by atoms with Crippen molar-refractivity contribution in [3.05, 3.63) is 60.2 Å². The van der Waals surface area contributed by atoms with Crippen LogP contribution in [0.2, 0.25) is 0 Å². The van der Waals surface area contributed by atoms with Crippen LogP contribution < -0.4 is 10.1 Å². The van der Waals surface area contributed by atoms with Gasteiger partial charge in [0.1, 0.15) is 17.6 Å². The van der Waals surface area contributed by atoms with Crippen LogP contribution in [0.1, 0.15) is 18.6 Å². The molecule has 0 aromatic heterocycles. The van der Waals surface area contributed by atoms with E-state index in [9.17, 15) is 14.7 Å². The Morgan fingerprint density at radius 1 is 1.04 bits per heavy atom. The molecule has 0 heterocycles. The molecule has 0 saturated heterocycles. The van der Waals surface area contributed by atoms with Gasteiger partial charge in [-0.2, -0.15) is 0 Å². The molecule has 0 aliphatic heterocycles. The monoisotopic (exact) mass is 315 g/mol. The number of aliphatic hydroxyl groups excluding tert-OH is 1. The largest absolute Gasteiger partial charge is 0.480 e.